The Morgan fingerprint density at radius 1 is 1.16 bits per heavy atom. The highest BCUT2D eigenvalue weighted by atomic mass is 16.5. The van der Waals surface area contributed by atoms with Crippen LogP contribution in [-0.2, 0) is 11.2 Å². The molecule has 2 aliphatic heterocycles. The van der Waals surface area contributed by atoms with Gasteiger partial charge in [0.2, 0.25) is 12.4 Å². The average Bonchev–Trinajstić information content (AvgIpc) is 3.27. The van der Waals surface area contributed by atoms with Crippen molar-refractivity contribution in [2.24, 2.45) is 5.92 Å². The van der Waals surface area contributed by atoms with Crippen molar-refractivity contribution in [3.05, 3.63) is 47.8 Å². The van der Waals surface area contributed by atoms with Crippen molar-refractivity contribution in [2.45, 2.75) is 44.6 Å². The Morgan fingerprint density at radius 2 is 1.87 bits per heavy atom. The molecule has 1 amide bonds. The van der Waals surface area contributed by atoms with E-state index in [-0.39, 0.29) is 18.6 Å². The lowest BCUT2D eigenvalue weighted by molar-refractivity contribution is -0.119. The van der Waals surface area contributed by atoms with Crippen LogP contribution in [0, 0.1) is 5.92 Å². The lowest BCUT2D eigenvalue weighted by atomic mass is 9.96. The predicted molar refractivity (Wildman–Crippen MR) is 119 cm³/mol. The minimum Gasteiger partial charge on any atom is -0.493 e. The molecule has 0 spiro atoms. The van der Waals surface area contributed by atoms with E-state index in [1.807, 2.05) is 24.5 Å². The first-order valence-corrected chi connectivity index (χ1v) is 11.3. The van der Waals surface area contributed by atoms with Crippen LogP contribution in [-0.4, -0.2) is 65.3 Å². The van der Waals surface area contributed by atoms with Gasteiger partial charge in [-0.2, -0.15) is 0 Å². The number of aliphatic hydroxyl groups excluding tert-OH is 1. The molecule has 7 heteroatoms. The summed E-state index contributed by atoms with van der Waals surface area (Å²) in [7, 11) is 0. The highest BCUT2D eigenvalue weighted by Crippen LogP contribution is 2.32. The standard InChI is InChI=1S/C24H32N4O3/c1-2-18-12-25-24(26-13-18)27-9-7-19(8-10-27)16-31-23-5-3-20(4-6-23)21-11-22(15-29)28(14-21)17-30/h3-6,12-13,17,19,21-22,29H,2,7-11,14-16H2,1H3/t21?,22-/m0/s1. The molecule has 2 aromatic rings. The molecule has 3 heterocycles. The molecule has 0 radical (unpaired) electrons. The topological polar surface area (TPSA) is 78.8 Å². The van der Waals surface area contributed by atoms with E-state index in [1.54, 1.807) is 4.90 Å². The first kappa shape index (κ1) is 21.6. The van der Waals surface area contributed by atoms with Gasteiger partial charge in [-0.25, -0.2) is 9.97 Å². The molecule has 7 nitrogen and oxygen atoms in total. The fraction of sp³-hybridized carbons (Fsp3) is 0.542. The van der Waals surface area contributed by atoms with Crippen molar-refractivity contribution < 1.29 is 14.6 Å². The zero-order valence-electron chi connectivity index (χ0n) is 18.2. The van der Waals surface area contributed by atoms with E-state index in [4.69, 9.17) is 4.74 Å². The summed E-state index contributed by atoms with van der Waals surface area (Å²) in [4.78, 5) is 24.1. The van der Waals surface area contributed by atoms with Gasteiger partial charge in [0.15, 0.2) is 0 Å². The van der Waals surface area contributed by atoms with E-state index in [0.717, 1.165) is 63.5 Å². The number of aliphatic hydroxyl groups is 1. The van der Waals surface area contributed by atoms with E-state index >= 15 is 0 Å². The van der Waals surface area contributed by atoms with Crippen molar-refractivity contribution in [1.82, 2.24) is 14.9 Å². The number of benzene rings is 1. The molecule has 2 atom stereocenters. The van der Waals surface area contributed by atoms with E-state index in [0.29, 0.717) is 12.5 Å². The fourth-order valence-corrected chi connectivity index (χ4v) is 4.54. The lowest BCUT2D eigenvalue weighted by Gasteiger charge is -2.31. The van der Waals surface area contributed by atoms with E-state index in [1.165, 1.54) is 11.1 Å². The molecule has 31 heavy (non-hydrogen) atoms. The number of aromatic nitrogens is 2. The Labute approximate surface area is 184 Å². The smallest absolute Gasteiger partial charge is 0.225 e. The van der Waals surface area contributed by atoms with Gasteiger partial charge in [-0.3, -0.25) is 4.79 Å². The second kappa shape index (κ2) is 10.1. The van der Waals surface area contributed by atoms with Gasteiger partial charge in [0, 0.05) is 37.9 Å². The van der Waals surface area contributed by atoms with E-state index < -0.39 is 0 Å². The first-order valence-electron chi connectivity index (χ1n) is 11.3. The molecule has 2 saturated heterocycles. The summed E-state index contributed by atoms with van der Waals surface area (Å²) in [5, 5.41) is 9.44. The first-order chi connectivity index (χ1) is 15.2. The summed E-state index contributed by atoms with van der Waals surface area (Å²) in [6.07, 6.45) is 8.60. The average molecular weight is 425 g/mol. The number of hydrogen-bond donors (Lipinski definition) is 1. The maximum atomic E-state index is 11.2. The van der Waals surface area contributed by atoms with E-state index in [9.17, 15) is 9.90 Å². The molecule has 1 aromatic carbocycles. The summed E-state index contributed by atoms with van der Waals surface area (Å²) in [6, 6.07) is 8.14. The number of carbonyl (C=O) groups is 1. The van der Waals surface area contributed by atoms with Gasteiger partial charge in [-0.15, -0.1) is 0 Å². The molecule has 4 rings (SSSR count). The van der Waals surface area contributed by atoms with Gasteiger partial charge in [0.25, 0.3) is 0 Å². The number of piperidine rings is 1. The second-order valence-electron chi connectivity index (χ2n) is 8.63. The van der Waals surface area contributed by atoms with Crippen LogP contribution in [0.15, 0.2) is 36.7 Å². The number of anilines is 1. The molecular formula is C24H32N4O3. The van der Waals surface area contributed by atoms with Crippen molar-refractivity contribution in [3.8, 4) is 5.75 Å². The van der Waals surface area contributed by atoms with Gasteiger partial charge < -0.3 is 19.6 Å². The van der Waals surface area contributed by atoms with Crippen LogP contribution in [0.5, 0.6) is 5.75 Å². The molecule has 1 N–H and O–H groups in total. The third-order valence-corrected chi connectivity index (χ3v) is 6.64. The van der Waals surface area contributed by atoms with Crippen molar-refractivity contribution in [1.29, 1.82) is 0 Å². The SMILES string of the molecule is CCc1cnc(N2CCC(COc3ccc(C4C[C@@H](CO)N(C=O)C4)cc3)CC2)nc1. The number of amides is 1. The maximum absolute atomic E-state index is 11.2. The van der Waals surface area contributed by atoms with Crippen molar-refractivity contribution >= 4 is 12.4 Å². The van der Waals surface area contributed by atoms with Crippen LogP contribution in [0.25, 0.3) is 0 Å². The monoisotopic (exact) mass is 424 g/mol. The molecule has 1 aromatic heterocycles. The predicted octanol–water partition coefficient (Wildman–Crippen LogP) is 2.64. The van der Waals surface area contributed by atoms with Gasteiger partial charge >= 0.3 is 0 Å². The normalized spacial score (nSPS) is 22.0. The van der Waals surface area contributed by atoms with Gasteiger partial charge in [-0.1, -0.05) is 19.1 Å². The zero-order chi connectivity index (χ0) is 21.6. The maximum Gasteiger partial charge on any atom is 0.225 e. The number of ether oxygens (including phenoxy) is 1. The Hall–Kier alpha value is -2.67. The van der Waals surface area contributed by atoms with E-state index in [2.05, 4.69) is 33.9 Å². The number of nitrogens with zero attached hydrogens (tertiary/aromatic N) is 4. The summed E-state index contributed by atoms with van der Waals surface area (Å²) in [5.41, 5.74) is 2.36. The third kappa shape index (κ3) is 5.15. The van der Waals surface area contributed by atoms with Crippen molar-refractivity contribution in [3.63, 3.8) is 0 Å². The number of aryl methyl sites for hydroxylation is 1. The van der Waals surface area contributed by atoms with Crippen LogP contribution in [0.2, 0.25) is 0 Å². The molecule has 0 bridgehead atoms. The van der Waals surface area contributed by atoms with Crippen LogP contribution < -0.4 is 9.64 Å². The summed E-state index contributed by atoms with van der Waals surface area (Å²) < 4.78 is 6.06. The Balaban J connectivity index is 1.23. The Bertz CT molecular complexity index is 835. The van der Waals surface area contributed by atoms with Gasteiger partial charge in [0.05, 0.1) is 19.3 Å². The summed E-state index contributed by atoms with van der Waals surface area (Å²) in [5.74, 6) is 2.52. The minimum absolute atomic E-state index is 0.0193. The minimum atomic E-state index is -0.0701. The molecule has 1 unspecified atom stereocenters. The Kier molecular flexibility index (Phi) is 7.02. The number of hydrogen-bond acceptors (Lipinski definition) is 6. The van der Waals surface area contributed by atoms with Crippen LogP contribution in [0.3, 0.4) is 0 Å². The third-order valence-electron chi connectivity index (χ3n) is 6.64. The summed E-state index contributed by atoms with van der Waals surface area (Å²) in [6.45, 7) is 5.43. The molecule has 0 aliphatic carbocycles. The Morgan fingerprint density at radius 3 is 2.45 bits per heavy atom. The molecular weight excluding hydrogens is 392 g/mol. The lowest BCUT2D eigenvalue weighted by Crippen LogP contribution is -2.36. The second-order valence-corrected chi connectivity index (χ2v) is 8.63. The molecule has 2 fully saturated rings. The summed E-state index contributed by atoms with van der Waals surface area (Å²) >= 11 is 0. The zero-order valence-corrected chi connectivity index (χ0v) is 18.2. The number of rotatable bonds is 8. The molecule has 0 saturated carbocycles. The van der Waals surface area contributed by atoms with Crippen LogP contribution >= 0.6 is 0 Å². The van der Waals surface area contributed by atoms with Crippen LogP contribution in [0.4, 0.5) is 5.95 Å². The number of likely N-dealkylation sites (tertiary alicyclic amines) is 1. The van der Waals surface area contributed by atoms with Gasteiger partial charge in [-0.05, 0) is 54.9 Å². The molecule has 166 valence electrons. The number of carbonyl (C=O) groups excluding carboxylic acids is 1. The largest absolute Gasteiger partial charge is 0.493 e. The quantitative estimate of drug-likeness (QED) is 0.657. The highest BCUT2D eigenvalue weighted by Gasteiger charge is 2.31. The van der Waals surface area contributed by atoms with Crippen molar-refractivity contribution in [2.75, 3.05) is 37.7 Å². The highest BCUT2D eigenvalue weighted by molar-refractivity contribution is 5.49. The molecule has 2 aliphatic rings. The van der Waals surface area contributed by atoms with Crippen LogP contribution in [0.1, 0.15) is 43.2 Å². The fourth-order valence-electron chi connectivity index (χ4n) is 4.54. The van der Waals surface area contributed by atoms with Gasteiger partial charge in [0.1, 0.15) is 5.75 Å².